The normalized spacial score (nSPS) is 19.6. The number of rotatable bonds is 4. The van der Waals surface area contributed by atoms with Gasteiger partial charge in [-0.1, -0.05) is 0 Å². The van der Waals surface area contributed by atoms with Crippen molar-refractivity contribution >= 4 is 27.8 Å². The lowest BCUT2D eigenvalue weighted by Gasteiger charge is -2.32. The molecule has 1 heterocycles. The fraction of sp³-hybridized carbons (Fsp3) is 0.467. The highest BCUT2D eigenvalue weighted by Gasteiger charge is 2.31. The van der Waals surface area contributed by atoms with Gasteiger partial charge in [-0.3, -0.25) is 9.59 Å². The number of benzene rings is 1. The lowest BCUT2D eigenvalue weighted by atomic mass is 9.98. The summed E-state index contributed by atoms with van der Waals surface area (Å²) in [7, 11) is 0. The largest absolute Gasteiger partial charge is 0.481 e. The van der Waals surface area contributed by atoms with Crippen LogP contribution in [0.2, 0.25) is 0 Å². The van der Waals surface area contributed by atoms with Crippen LogP contribution < -0.4 is 4.74 Å². The van der Waals surface area contributed by atoms with Crippen molar-refractivity contribution < 1.29 is 23.8 Å². The molecule has 0 aliphatic carbocycles. The Hall–Kier alpha value is -1.63. The zero-order chi connectivity index (χ0) is 16.3. The van der Waals surface area contributed by atoms with Crippen molar-refractivity contribution in [1.29, 1.82) is 0 Å². The second kappa shape index (κ2) is 7.09. The number of hydrogen-bond acceptors (Lipinski definition) is 3. The lowest BCUT2D eigenvalue weighted by molar-refractivity contribution is -0.147. The Morgan fingerprint density at radius 3 is 2.86 bits per heavy atom. The number of ether oxygens (including phenoxy) is 1. The van der Waals surface area contributed by atoms with Crippen LogP contribution in [0.15, 0.2) is 22.7 Å². The smallest absolute Gasteiger partial charge is 0.308 e. The molecular weight excluding hydrogens is 357 g/mol. The molecule has 5 nitrogen and oxygen atoms in total. The predicted octanol–water partition coefficient (Wildman–Crippen LogP) is 2.68. The summed E-state index contributed by atoms with van der Waals surface area (Å²) in [6, 6.07) is 3.95. The van der Waals surface area contributed by atoms with Crippen molar-refractivity contribution in [1.82, 2.24) is 4.90 Å². The van der Waals surface area contributed by atoms with E-state index in [4.69, 9.17) is 9.84 Å². The molecule has 2 rings (SSSR count). The molecule has 1 aromatic rings. The van der Waals surface area contributed by atoms with Gasteiger partial charge in [-0.2, -0.15) is 0 Å². The van der Waals surface area contributed by atoms with E-state index in [1.807, 2.05) is 0 Å². The molecule has 1 N–H and O–H groups in total. The van der Waals surface area contributed by atoms with Gasteiger partial charge < -0.3 is 14.7 Å². The summed E-state index contributed by atoms with van der Waals surface area (Å²) in [5.41, 5.74) is 0. The number of carboxylic acid groups (broad SMARTS) is 1. The van der Waals surface area contributed by atoms with E-state index in [1.165, 1.54) is 23.1 Å². The monoisotopic (exact) mass is 373 g/mol. The Morgan fingerprint density at radius 1 is 1.50 bits per heavy atom. The molecule has 1 saturated heterocycles. The molecule has 0 unspecified atom stereocenters. The minimum absolute atomic E-state index is 0.201. The number of carboxylic acids is 1. The second-order valence-corrected chi connectivity index (χ2v) is 6.15. The molecule has 1 aliphatic heterocycles. The number of hydrogen-bond donors (Lipinski definition) is 1. The van der Waals surface area contributed by atoms with Gasteiger partial charge in [0.05, 0.1) is 10.4 Å². The summed E-state index contributed by atoms with van der Waals surface area (Å²) in [5, 5.41) is 9.06. The van der Waals surface area contributed by atoms with Gasteiger partial charge in [-0.25, -0.2) is 4.39 Å². The van der Waals surface area contributed by atoms with Crippen LogP contribution in [0.25, 0.3) is 0 Å². The van der Waals surface area contributed by atoms with Crippen LogP contribution in [0.1, 0.15) is 19.8 Å². The standard InChI is InChI=1S/C15H17BrFNO4/c1-9(22-13-5-4-11(17)7-12(13)16)14(19)18-6-2-3-10(8-18)15(20)21/h4-5,7,9-10H,2-3,6,8H2,1H3,(H,20,21)/t9-,10-/m0/s1. The average Bonchev–Trinajstić information content (AvgIpc) is 2.49. The molecule has 1 aromatic carbocycles. The van der Waals surface area contributed by atoms with Crippen LogP contribution in [0.3, 0.4) is 0 Å². The summed E-state index contributed by atoms with van der Waals surface area (Å²) >= 11 is 3.18. The first-order valence-corrected chi connectivity index (χ1v) is 7.81. The van der Waals surface area contributed by atoms with E-state index in [0.717, 1.165) is 0 Å². The van der Waals surface area contributed by atoms with Gasteiger partial charge in [0.1, 0.15) is 11.6 Å². The average molecular weight is 374 g/mol. The third-order valence-electron chi connectivity index (χ3n) is 3.63. The van der Waals surface area contributed by atoms with Crippen LogP contribution in [-0.2, 0) is 9.59 Å². The van der Waals surface area contributed by atoms with E-state index < -0.39 is 23.8 Å². The van der Waals surface area contributed by atoms with Crippen molar-refractivity contribution in [3.05, 3.63) is 28.5 Å². The van der Waals surface area contributed by atoms with E-state index in [0.29, 0.717) is 29.6 Å². The van der Waals surface area contributed by atoms with Crippen LogP contribution in [0.4, 0.5) is 4.39 Å². The predicted molar refractivity (Wildman–Crippen MR) is 81.1 cm³/mol. The first kappa shape index (κ1) is 16.7. The first-order valence-electron chi connectivity index (χ1n) is 7.01. The number of aliphatic carboxylic acids is 1. The molecule has 7 heteroatoms. The third-order valence-corrected chi connectivity index (χ3v) is 4.25. The number of halogens is 2. The van der Waals surface area contributed by atoms with Gasteiger partial charge in [0.15, 0.2) is 6.10 Å². The Kier molecular flexibility index (Phi) is 5.39. The summed E-state index contributed by atoms with van der Waals surface area (Å²) < 4.78 is 19.0. The fourth-order valence-electron chi connectivity index (χ4n) is 2.45. The number of nitrogens with zero attached hydrogens (tertiary/aromatic N) is 1. The molecule has 22 heavy (non-hydrogen) atoms. The van der Waals surface area contributed by atoms with E-state index in [1.54, 1.807) is 6.92 Å². The molecule has 1 aliphatic rings. The van der Waals surface area contributed by atoms with Gasteiger partial charge in [0, 0.05) is 13.1 Å². The lowest BCUT2D eigenvalue weighted by Crippen LogP contribution is -2.47. The molecular formula is C15H17BrFNO4. The molecule has 2 atom stereocenters. The molecule has 0 aromatic heterocycles. The number of amides is 1. The molecule has 0 saturated carbocycles. The van der Waals surface area contributed by atoms with Crippen LogP contribution in [0, 0.1) is 11.7 Å². The van der Waals surface area contributed by atoms with Crippen molar-refractivity contribution in [2.75, 3.05) is 13.1 Å². The molecule has 1 fully saturated rings. The Morgan fingerprint density at radius 2 is 2.23 bits per heavy atom. The van der Waals surface area contributed by atoms with Crippen molar-refractivity contribution in [2.24, 2.45) is 5.92 Å². The summed E-state index contributed by atoms with van der Waals surface area (Å²) in [5.74, 6) is -1.70. The van der Waals surface area contributed by atoms with Gasteiger partial charge in [0.2, 0.25) is 0 Å². The van der Waals surface area contributed by atoms with Crippen LogP contribution >= 0.6 is 15.9 Å². The van der Waals surface area contributed by atoms with E-state index in [-0.39, 0.29) is 12.5 Å². The highest BCUT2D eigenvalue weighted by molar-refractivity contribution is 9.10. The Labute approximate surface area is 136 Å². The van der Waals surface area contributed by atoms with Gasteiger partial charge >= 0.3 is 5.97 Å². The number of carbonyl (C=O) groups excluding carboxylic acids is 1. The van der Waals surface area contributed by atoms with Crippen molar-refractivity contribution in [3.63, 3.8) is 0 Å². The van der Waals surface area contributed by atoms with E-state index >= 15 is 0 Å². The molecule has 120 valence electrons. The summed E-state index contributed by atoms with van der Waals surface area (Å²) in [4.78, 5) is 24.9. The minimum Gasteiger partial charge on any atom is -0.481 e. The minimum atomic E-state index is -0.882. The van der Waals surface area contributed by atoms with Crippen molar-refractivity contribution in [2.45, 2.75) is 25.9 Å². The topological polar surface area (TPSA) is 66.8 Å². The van der Waals surface area contributed by atoms with Crippen LogP contribution in [0.5, 0.6) is 5.75 Å². The molecule has 0 spiro atoms. The Bertz CT molecular complexity index is 581. The van der Waals surface area contributed by atoms with Crippen molar-refractivity contribution in [3.8, 4) is 5.75 Å². The Balaban J connectivity index is 2.01. The van der Waals surface area contributed by atoms with Crippen LogP contribution in [-0.4, -0.2) is 41.1 Å². The maximum atomic E-state index is 13.0. The highest BCUT2D eigenvalue weighted by Crippen LogP contribution is 2.27. The molecule has 1 amide bonds. The summed E-state index contributed by atoms with van der Waals surface area (Å²) in [6.45, 7) is 2.33. The number of piperidine rings is 1. The number of likely N-dealkylation sites (tertiary alicyclic amines) is 1. The fourth-order valence-corrected chi connectivity index (χ4v) is 2.89. The number of carbonyl (C=O) groups is 2. The zero-order valence-electron chi connectivity index (χ0n) is 12.1. The molecule has 0 radical (unpaired) electrons. The van der Waals surface area contributed by atoms with Gasteiger partial charge in [0.25, 0.3) is 5.91 Å². The van der Waals surface area contributed by atoms with E-state index in [2.05, 4.69) is 15.9 Å². The van der Waals surface area contributed by atoms with E-state index in [9.17, 15) is 14.0 Å². The quantitative estimate of drug-likeness (QED) is 0.880. The molecule has 0 bridgehead atoms. The zero-order valence-corrected chi connectivity index (χ0v) is 13.7. The first-order chi connectivity index (χ1) is 10.4. The van der Waals surface area contributed by atoms with Gasteiger partial charge in [-0.15, -0.1) is 0 Å². The van der Waals surface area contributed by atoms with Gasteiger partial charge in [-0.05, 0) is 53.9 Å². The summed E-state index contributed by atoms with van der Waals surface area (Å²) in [6.07, 6.45) is 0.474. The maximum Gasteiger partial charge on any atom is 0.308 e. The highest BCUT2D eigenvalue weighted by atomic mass is 79.9. The maximum absolute atomic E-state index is 13.0. The second-order valence-electron chi connectivity index (χ2n) is 5.30. The third kappa shape index (κ3) is 3.97. The SMILES string of the molecule is C[C@H](Oc1ccc(F)cc1Br)C(=O)N1CCC[C@H](C(=O)O)C1.